The molecule has 0 spiro atoms. The number of carbonyl (C=O) groups is 1. The van der Waals surface area contributed by atoms with E-state index in [0.29, 0.717) is 23.6 Å². The Balaban J connectivity index is 2.15. The fourth-order valence-electron chi connectivity index (χ4n) is 2.02. The van der Waals surface area contributed by atoms with Crippen LogP contribution in [0.2, 0.25) is 0 Å². The summed E-state index contributed by atoms with van der Waals surface area (Å²) in [6.45, 7) is 2.63. The monoisotopic (exact) mass is 294 g/mol. The molecule has 0 aromatic heterocycles. The molecule has 2 aromatic carbocycles. The van der Waals surface area contributed by atoms with Crippen LogP contribution in [-0.4, -0.2) is 12.5 Å². The van der Waals surface area contributed by atoms with Gasteiger partial charge in [-0.3, -0.25) is 4.79 Å². The van der Waals surface area contributed by atoms with Crippen LogP contribution in [-0.2, 0) is 6.42 Å². The van der Waals surface area contributed by atoms with Crippen LogP contribution in [0.4, 0.5) is 5.69 Å². The predicted octanol–water partition coefficient (Wildman–Crippen LogP) is 3.79. The molecule has 2 aromatic rings. The van der Waals surface area contributed by atoms with E-state index in [1.165, 1.54) is 0 Å². The standard InChI is InChI=1S/C18H18N2O2/c1-2-12-22-17-9-4-3-8-16(17)20-18(21)15-7-5-6-14(13-15)10-11-19/h3-9,13H,2,10,12H2,1H3,(H,20,21). The fraction of sp³-hybridized carbons (Fsp3) is 0.222. The van der Waals surface area contributed by atoms with Crippen molar-refractivity contribution in [1.82, 2.24) is 0 Å². The fourth-order valence-corrected chi connectivity index (χ4v) is 2.02. The second-order valence-corrected chi connectivity index (χ2v) is 4.83. The van der Waals surface area contributed by atoms with Crippen molar-refractivity contribution in [3.05, 3.63) is 59.7 Å². The van der Waals surface area contributed by atoms with Crippen molar-refractivity contribution >= 4 is 11.6 Å². The molecule has 112 valence electrons. The van der Waals surface area contributed by atoms with Crippen molar-refractivity contribution < 1.29 is 9.53 Å². The lowest BCUT2D eigenvalue weighted by Crippen LogP contribution is -2.13. The molecule has 0 bridgehead atoms. The van der Waals surface area contributed by atoms with E-state index in [1.807, 2.05) is 37.3 Å². The van der Waals surface area contributed by atoms with Crippen LogP contribution in [0.25, 0.3) is 0 Å². The van der Waals surface area contributed by atoms with Crippen LogP contribution >= 0.6 is 0 Å². The number of para-hydroxylation sites is 2. The van der Waals surface area contributed by atoms with Crippen LogP contribution < -0.4 is 10.1 Å². The quantitative estimate of drug-likeness (QED) is 0.881. The molecule has 1 amide bonds. The van der Waals surface area contributed by atoms with E-state index >= 15 is 0 Å². The molecule has 0 heterocycles. The average molecular weight is 294 g/mol. The van der Waals surface area contributed by atoms with Gasteiger partial charge in [0.1, 0.15) is 5.75 Å². The Labute approximate surface area is 130 Å². The largest absolute Gasteiger partial charge is 0.491 e. The van der Waals surface area contributed by atoms with Crippen LogP contribution in [0.15, 0.2) is 48.5 Å². The summed E-state index contributed by atoms with van der Waals surface area (Å²) >= 11 is 0. The van der Waals surface area contributed by atoms with E-state index in [-0.39, 0.29) is 12.3 Å². The summed E-state index contributed by atoms with van der Waals surface area (Å²) in [6, 6.07) is 16.5. The lowest BCUT2D eigenvalue weighted by molar-refractivity contribution is 0.102. The number of nitrogens with zero attached hydrogens (tertiary/aromatic N) is 1. The van der Waals surface area contributed by atoms with Crippen molar-refractivity contribution in [2.75, 3.05) is 11.9 Å². The second kappa shape index (κ2) is 7.84. The topological polar surface area (TPSA) is 62.1 Å². The van der Waals surface area contributed by atoms with Gasteiger partial charge in [-0.2, -0.15) is 5.26 Å². The third-order valence-corrected chi connectivity index (χ3v) is 3.07. The molecule has 0 aliphatic heterocycles. The van der Waals surface area contributed by atoms with Crippen molar-refractivity contribution in [1.29, 1.82) is 5.26 Å². The molecule has 0 radical (unpaired) electrons. The SMILES string of the molecule is CCCOc1ccccc1NC(=O)c1cccc(CC#N)c1. The van der Waals surface area contributed by atoms with Gasteiger partial charge in [0.15, 0.2) is 0 Å². The lowest BCUT2D eigenvalue weighted by atomic mass is 10.1. The zero-order chi connectivity index (χ0) is 15.8. The van der Waals surface area contributed by atoms with Gasteiger partial charge in [-0.1, -0.05) is 31.2 Å². The number of hydrogen-bond acceptors (Lipinski definition) is 3. The van der Waals surface area contributed by atoms with Gasteiger partial charge < -0.3 is 10.1 Å². The Morgan fingerprint density at radius 1 is 1.23 bits per heavy atom. The van der Waals surface area contributed by atoms with E-state index < -0.39 is 0 Å². The molecule has 0 unspecified atom stereocenters. The molecule has 0 atom stereocenters. The van der Waals surface area contributed by atoms with Crippen molar-refractivity contribution in [3.63, 3.8) is 0 Å². The van der Waals surface area contributed by atoms with E-state index in [2.05, 4.69) is 11.4 Å². The van der Waals surface area contributed by atoms with E-state index in [1.54, 1.807) is 18.2 Å². The van der Waals surface area contributed by atoms with Gasteiger partial charge in [0.25, 0.3) is 5.91 Å². The second-order valence-electron chi connectivity index (χ2n) is 4.83. The lowest BCUT2D eigenvalue weighted by Gasteiger charge is -2.12. The first kappa shape index (κ1) is 15.6. The third-order valence-electron chi connectivity index (χ3n) is 3.07. The molecule has 1 N–H and O–H groups in total. The molecule has 0 saturated heterocycles. The zero-order valence-electron chi connectivity index (χ0n) is 12.5. The van der Waals surface area contributed by atoms with E-state index in [9.17, 15) is 4.79 Å². The molecule has 0 aliphatic carbocycles. The molecule has 0 aliphatic rings. The Kier molecular flexibility index (Phi) is 5.56. The van der Waals surface area contributed by atoms with Crippen LogP contribution in [0, 0.1) is 11.3 Å². The number of anilines is 1. The number of benzene rings is 2. The summed E-state index contributed by atoms with van der Waals surface area (Å²) < 4.78 is 5.63. The molecule has 0 saturated carbocycles. The maximum atomic E-state index is 12.3. The average Bonchev–Trinajstić information content (AvgIpc) is 2.54. The van der Waals surface area contributed by atoms with Crippen LogP contribution in [0.5, 0.6) is 5.75 Å². The van der Waals surface area contributed by atoms with E-state index in [4.69, 9.17) is 10.00 Å². The van der Waals surface area contributed by atoms with Crippen molar-refractivity contribution in [2.24, 2.45) is 0 Å². The number of carbonyl (C=O) groups excluding carboxylic acids is 1. The van der Waals surface area contributed by atoms with Gasteiger partial charge in [-0.15, -0.1) is 0 Å². The summed E-state index contributed by atoms with van der Waals surface area (Å²) in [7, 11) is 0. The molecular formula is C18H18N2O2. The maximum absolute atomic E-state index is 12.3. The van der Waals surface area contributed by atoms with E-state index in [0.717, 1.165) is 12.0 Å². The first-order chi connectivity index (χ1) is 10.7. The highest BCUT2D eigenvalue weighted by Gasteiger charge is 2.10. The third kappa shape index (κ3) is 4.10. The number of nitriles is 1. The van der Waals surface area contributed by atoms with Crippen molar-refractivity contribution in [2.45, 2.75) is 19.8 Å². The Morgan fingerprint density at radius 2 is 2.05 bits per heavy atom. The highest BCUT2D eigenvalue weighted by atomic mass is 16.5. The number of hydrogen-bond donors (Lipinski definition) is 1. The first-order valence-electron chi connectivity index (χ1n) is 7.23. The van der Waals surface area contributed by atoms with Crippen LogP contribution in [0.1, 0.15) is 29.3 Å². The molecule has 22 heavy (non-hydrogen) atoms. The maximum Gasteiger partial charge on any atom is 0.255 e. The molecule has 4 heteroatoms. The summed E-state index contributed by atoms with van der Waals surface area (Å²) in [4.78, 5) is 12.3. The van der Waals surface area contributed by atoms with Gasteiger partial charge >= 0.3 is 0 Å². The summed E-state index contributed by atoms with van der Waals surface area (Å²) in [5.41, 5.74) is 2.00. The Hall–Kier alpha value is -2.80. The smallest absolute Gasteiger partial charge is 0.255 e. The van der Waals surface area contributed by atoms with Gasteiger partial charge in [0.05, 0.1) is 24.8 Å². The van der Waals surface area contributed by atoms with Crippen molar-refractivity contribution in [3.8, 4) is 11.8 Å². The number of rotatable bonds is 6. The number of amides is 1. The minimum absolute atomic E-state index is 0.215. The number of ether oxygens (including phenoxy) is 1. The van der Waals surface area contributed by atoms with Gasteiger partial charge in [0.2, 0.25) is 0 Å². The first-order valence-corrected chi connectivity index (χ1v) is 7.23. The molecular weight excluding hydrogens is 276 g/mol. The molecule has 4 nitrogen and oxygen atoms in total. The zero-order valence-corrected chi connectivity index (χ0v) is 12.5. The minimum atomic E-state index is -0.215. The molecule has 2 rings (SSSR count). The highest BCUT2D eigenvalue weighted by Crippen LogP contribution is 2.24. The Morgan fingerprint density at radius 3 is 2.82 bits per heavy atom. The molecule has 0 fully saturated rings. The van der Waals surface area contributed by atoms with Gasteiger partial charge in [-0.25, -0.2) is 0 Å². The normalized spacial score (nSPS) is 9.82. The highest BCUT2D eigenvalue weighted by molar-refractivity contribution is 6.05. The summed E-state index contributed by atoms with van der Waals surface area (Å²) in [5.74, 6) is 0.443. The summed E-state index contributed by atoms with van der Waals surface area (Å²) in [6.07, 6.45) is 1.19. The summed E-state index contributed by atoms with van der Waals surface area (Å²) in [5, 5.41) is 11.6. The Bertz CT molecular complexity index is 689. The number of nitrogens with one attached hydrogen (secondary N) is 1. The van der Waals surface area contributed by atoms with Crippen LogP contribution in [0.3, 0.4) is 0 Å². The van der Waals surface area contributed by atoms with Gasteiger partial charge in [-0.05, 0) is 36.2 Å². The minimum Gasteiger partial charge on any atom is -0.491 e. The predicted molar refractivity (Wildman–Crippen MR) is 85.9 cm³/mol. The van der Waals surface area contributed by atoms with Gasteiger partial charge in [0, 0.05) is 5.56 Å².